The fraction of sp³-hybridized carbons (Fsp3) is 0.647. The van der Waals surface area contributed by atoms with E-state index in [4.69, 9.17) is 0 Å². The summed E-state index contributed by atoms with van der Waals surface area (Å²) in [7, 11) is 5.33. The molecule has 6 heteroatoms. The molecule has 5 nitrogen and oxygen atoms in total. The highest BCUT2D eigenvalue weighted by Gasteiger charge is 2.06. The Morgan fingerprint density at radius 1 is 1.35 bits per heavy atom. The second-order valence-electron chi connectivity index (χ2n) is 5.47. The van der Waals surface area contributed by atoms with E-state index in [0.29, 0.717) is 6.42 Å². The molecule has 23 heavy (non-hydrogen) atoms. The van der Waals surface area contributed by atoms with Crippen molar-refractivity contribution in [3.8, 4) is 0 Å². The number of hydrogen-bond donors (Lipinski definition) is 1. The van der Waals surface area contributed by atoms with Crippen LogP contribution in [0.1, 0.15) is 37.0 Å². The number of esters is 1. The van der Waals surface area contributed by atoms with Gasteiger partial charge in [0.1, 0.15) is 0 Å². The van der Waals surface area contributed by atoms with Gasteiger partial charge in [0.15, 0.2) is 5.96 Å². The van der Waals surface area contributed by atoms with E-state index in [1.54, 1.807) is 11.3 Å². The van der Waals surface area contributed by atoms with Crippen LogP contribution in [0.3, 0.4) is 0 Å². The van der Waals surface area contributed by atoms with E-state index in [-0.39, 0.29) is 5.97 Å². The standard InChI is InChI=1S/C17H29N3O2S/c1-18-17(20(2)13-11-15-9-8-14-23-15)19-12-7-5-4-6-10-16(21)22-3/h8-9,14H,4-7,10-13H2,1-3H3,(H,18,19). The van der Waals surface area contributed by atoms with Crippen molar-refractivity contribution in [2.24, 2.45) is 4.99 Å². The zero-order valence-corrected chi connectivity index (χ0v) is 15.3. The molecule has 0 aliphatic carbocycles. The first-order chi connectivity index (χ1) is 11.2. The Hall–Kier alpha value is -1.56. The maximum atomic E-state index is 11.0. The number of methoxy groups -OCH3 is 1. The third kappa shape index (κ3) is 8.59. The Bertz CT molecular complexity index is 460. The third-order valence-electron chi connectivity index (χ3n) is 3.67. The quantitative estimate of drug-likeness (QED) is 0.308. The van der Waals surface area contributed by atoms with Crippen molar-refractivity contribution < 1.29 is 9.53 Å². The van der Waals surface area contributed by atoms with Crippen LogP contribution in [0.25, 0.3) is 0 Å². The van der Waals surface area contributed by atoms with Crippen molar-refractivity contribution in [2.45, 2.75) is 38.5 Å². The predicted octanol–water partition coefficient (Wildman–Crippen LogP) is 2.92. The normalized spacial score (nSPS) is 11.3. The number of hydrogen-bond acceptors (Lipinski definition) is 4. The van der Waals surface area contributed by atoms with E-state index in [1.165, 1.54) is 12.0 Å². The SMILES string of the molecule is CN=C(NCCCCCCC(=O)OC)N(C)CCc1cccs1. The average molecular weight is 340 g/mol. The van der Waals surface area contributed by atoms with E-state index in [0.717, 1.165) is 51.2 Å². The Balaban J connectivity index is 2.10. The van der Waals surface area contributed by atoms with Gasteiger partial charge in [-0.25, -0.2) is 0 Å². The highest BCUT2D eigenvalue weighted by Crippen LogP contribution is 2.09. The van der Waals surface area contributed by atoms with E-state index < -0.39 is 0 Å². The molecule has 0 aliphatic heterocycles. The molecule has 1 aromatic heterocycles. The molecule has 0 fully saturated rings. The second kappa shape index (κ2) is 11.9. The lowest BCUT2D eigenvalue weighted by Gasteiger charge is -2.21. The number of guanidine groups is 1. The van der Waals surface area contributed by atoms with E-state index in [2.05, 4.69) is 44.5 Å². The molecule has 0 spiro atoms. The van der Waals surface area contributed by atoms with Crippen molar-refractivity contribution in [1.29, 1.82) is 0 Å². The Labute approximate surface area is 143 Å². The summed E-state index contributed by atoms with van der Waals surface area (Å²) in [5, 5.41) is 5.51. The van der Waals surface area contributed by atoms with Crippen LogP contribution in [-0.2, 0) is 16.0 Å². The average Bonchev–Trinajstić information content (AvgIpc) is 3.08. The molecule has 0 radical (unpaired) electrons. The third-order valence-corrected chi connectivity index (χ3v) is 4.60. The topological polar surface area (TPSA) is 53.9 Å². The summed E-state index contributed by atoms with van der Waals surface area (Å²) in [6, 6.07) is 4.26. The maximum absolute atomic E-state index is 11.0. The predicted molar refractivity (Wildman–Crippen MR) is 97.1 cm³/mol. The van der Waals surface area contributed by atoms with Gasteiger partial charge in [0.25, 0.3) is 0 Å². The molecule has 0 aromatic carbocycles. The first kappa shape index (κ1) is 19.5. The number of nitrogens with one attached hydrogen (secondary N) is 1. The molecule has 0 saturated heterocycles. The van der Waals surface area contributed by atoms with E-state index in [1.807, 2.05) is 7.05 Å². The van der Waals surface area contributed by atoms with Gasteiger partial charge >= 0.3 is 5.97 Å². The van der Waals surface area contributed by atoms with Gasteiger partial charge in [0, 0.05) is 38.5 Å². The largest absolute Gasteiger partial charge is 0.469 e. The number of nitrogens with zero attached hydrogens (tertiary/aromatic N) is 2. The van der Waals surface area contributed by atoms with Gasteiger partial charge in [-0.1, -0.05) is 18.9 Å². The minimum absolute atomic E-state index is 0.115. The van der Waals surface area contributed by atoms with Crippen molar-refractivity contribution in [3.05, 3.63) is 22.4 Å². The molecule has 1 rings (SSSR count). The molecular formula is C17H29N3O2S. The van der Waals surface area contributed by atoms with Gasteiger partial charge in [0.2, 0.25) is 0 Å². The van der Waals surface area contributed by atoms with Crippen LogP contribution in [0, 0.1) is 0 Å². The first-order valence-electron chi connectivity index (χ1n) is 8.18. The van der Waals surface area contributed by atoms with Gasteiger partial charge in [-0.05, 0) is 30.7 Å². The minimum atomic E-state index is -0.115. The molecule has 130 valence electrons. The highest BCUT2D eigenvalue weighted by atomic mass is 32.1. The molecule has 0 aliphatic rings. The fourth-order valence-corrected chi connectivity index (χ4v) is 2.97. The van der Waals surface area contributed by atoms with Crippen LogP contribution in [0.5, 0.6) is 0 Å². The van der Waals surface area contributed by atoms with Crippen molar-refractivity contribution in [3.63, 3.8) is 0 Å². The summed E-state index contributed by atoms with van der Waals surface area (Å²) in [6.45, 7) is 1.87. The second-order valence-corrected chi connectivity index (χ2v) is 6.50. The monoisotopic (exact) mass is 339 g/mol. The Morgan fingerprint density at radius 3 is 2.78 bits per heavy atom. The molecule has 1 N–H and O–H groups in total. The molecule has 0 amide bonds. The lowest BCUT2D eigenvalue weighted by molar-refractivity contribution is -0.140. The van der Waals surface area contributed by atoms with Crippen molar-refractivity contribution in [2.75, 3.05) is 34.3 Å². The number of rotatable bonds is 10. The number of ether oxygens (including phenoxy) is 1. The first-order valence-corrected chi connectivity index (χ1v) is 9.06. The zero-order valence-electron chi connectivity index (χ0n) is 14.5. The number of carbonyl (C=O) groups excluding carboxylic acids is 1. The lowest BCUT2D eigenvalue weighted by atomic mass is 10.1. The molecule has 0 atom stereocenters. The summed E-state index contributed by atoms with van der Waals surface area (Å²) < 4.78 is 4.63. The van der Waals surface area contributed by atoms with Crippen LogP contribution in [0.15, 0.2) is 22.5 Å². The molecule has 1 heterocycles. The smallest absolute Gasteiger partial charge is 0.305 e. The molecule has 0 saturated carbocycles. The minimum Gasteiger partial charge on any atom is -0.469 e. The highest BCUT2D eigenvalue weighted by molar-refractivity contribution is 7.09. The van der Waals surface area contributed by atoms with Crippen molar-refractivity contribution in [1.82, 2.24) is 10.2 Å². The van der Waals surface area contributed by atoms with Gasteiger partial charge in [-0.3, -0.25) is 9.79 Å². The van der Waals surface area contributed by atoms with E-state index >= 15 is 0 Å². The number of likely N-dealkylation sites (N-methyl/N-ethyl adjacent to an activating group) is 1. The Kier molecular flexibility index (Phi) is 10.1. The number of unbranched alkanes of at least 4 members (excludes halogenated alkanes) is 3. The van der Waals surface area contributed by atoms with Gasteiger partial charge in [0.05, 0.1) is 7.11 Å². The van der Waals surface area contributed by atoms with Gasteiger partial charge in [-0.2, -0.15) is 0 Å². The zero-order chi connectivity index (χ0) is 16.9. The molecule has 0 bridgehead atoms. The summed E-state index contributed by atoms with van der Waals surface area (Å²) >= 11 is 1.80. The number of aliphatic imine (C=N–C) groups is 1. The summed E-state index contributed by atoms with van der Waals surface area (Å²) in [5.74, 6) is 0.826. The molecular weight excluding hydrogens is 310 g/mol. The van der Waals surface area contributed by atoms with Crippen LogP contribution in [0.4, 0.5) is 0 Å². The summed E-state index contributed by atoms with van der Waals surface area (Å²) in [4.78, 5) is 18.9. The summed E-state index contributed by atoms with van der Waals surface area (Å²) in [6.07, 6.45) is 5.73. The lowest BCUT2D eigenvalue weighted by Crippen LogP contribution is -2.40. The maximum Gasteiger partial charge on any atom is 0.305 e. The Morgan fingerprint density at radius 2 is 2.13 bits per heavy atom. The summed E-state index contributed by atoms with van der Waals surface area (Å²) in [5.41, 5.74) is 0. The van der Waals surface area contributed by atoms with Crippen LogP contribution in [-0.4, -0.2) is 51.1 Å². The fourth-order valence-electron chi connectivity index (χ4n) is 2.27. The van der Waals surface area contributed by atoms with Crippen LogP contribution < -0.4 is 5.32 Å². The van der Waals surface area contributed by atoms with Gasteiger partial charge in [-0.15, -0.1) is 11.3 Å². The van der Waals surface area contributed by atoms with Crippen LogP contribution in [0.2, 0.25) is 0 Å². The van der Waals surface area contributed by atoms with Crippen LogP contribution >= 0.6 is 11.3 Å². The number of thiophene rings is 1. The van der Waals surface area contributed by atoms with Gasteiger partial charge < -0.3 is 15.0 Å². The number of carbonyl (C=O) groups is 1. The van der Waals surface area contributed by atoms with E-state index in [9.17, 15) is 4.79 Å². The van der Waals surface area contributed by atoms with Crippen molar-refractivity contribution >= 4 is 23.3 Å². The molecule has 0 unspecified atom stereocenters. The molecule has 1 aromatic rings.